The predicted octanol–water partition coefficient (Wildman–Crippen LogP) is 2.79. The average molecular weight is 412 g/mol. The number of hydrogen-bond donors (Lipinski definition) is 2. The van der Waals surface area contributed by atoms with Crippen LogP contribution in [0.3, 0.4) is 0 Å². The van der Waals surface area contributed by atoms with Crippen molar-refractivity contribution in [1.29, 1.82) is 0 Å². The van der Waals surface area contributed by atoms with Crippen LogP contribution in [0.4, 0.5) is 13.2 Å². The summed E-state index contributed by atoms with van der Waals surface area (Å²) in [7, 11) is 1.79. The van der Waals surface area contributed by atoms with Crippen molar-refractivity contribution >= 4 is 5.96 Å². The van der Waals surface area contributed by atoms with Gasteiger partial charge in [-0.2, -0.15) is 13.2 Å². The van der Waals surface area contributed by atoms with E-state index < -0.39 is 11.7 Å². The Morgan fingerprint density at radius 1 is 1.10 bits per heavy atom. The molecular weight excluding hydrogens is 379 g/mol. The first-order chi connectivity index (χ1) is 13.9. The molecular formula is C21H32F3N5. The first kappa shape index (κ1) is 21.9. The van der Waals surface area contributed by atoms with Crippen molar-refractivity contribution < 1.29 is 13.2 Å². The van der Waals surface area contributed by atoms with E-state index in [4.69, 9.17) is 0 Å². The fraction of sp³-hybridized carbons (Fsp3) is 0.667. The minimum Gasteiger partial charge on any atom is -0.356 e. The first-order valence-corrected chi connectivity index (χ1v) is 10.5. The van der Waals surface area contributed by atoms with Gasteiger partial charge in [-0.25, -0.2) is 0 Å². The smallest absolute Gasteiger partial charge is 0.356 e. The van der Waals surface area contributed by atoms with Crippen LogP contribution in [0.5, 0.6) is 0 Å². The fourth-order valence-electron chi connectivity index (χ4n) is 4.15. The molecule has 2 heterocycles. The number of nitrogens with zero attached hydrogens (tertiary/aromatic N) is 3. The van der Waals surface area contributed by atoms with E-state index in [0.717, 1.165) is 62.8 Å². The van der Waals surface area contributed by atoms with Gasteiger partial charge in [-0.15, -0.1) is 0 Å². The number of likely N-dealkylation sites (tertiary alicyclic amines) is 2. The molecule has 1 aromatic carbocycles. The quantitative estimate of drug-likeness (QED) is 0.558. The average Bonchev–Trinajstić information content (AvgIpc) is 3.34. The standard InChI is InChI=1S/C21H32F3N5/c1-3-28-10-8-17(14-28)12-26-20(25-2)27-19-9-11-29(15-19)13-16-4-6-18(7-5-16)21(22,23)24/h4-7,17,19H,3,8-15H2,1-2H3,(H2,25,26,27). The summed E-state index contributed by atoms with van der Waals surface area (Å²) in [6, 6.07) is 5.77. The number of benzene rings is 1. The maximum Gasteiger partial charge on any atom is 0.416 e. The molecule has 8 heteroatoms. The number of guanidine groups is 1. The van der Waals surface area contributed by atoms with Crippen molar-refractivity contribution in [2.24, 2.45) is 10.9 Å². The van der Waals surface area contributed by atoms with E-state index in [-0.39, 0.29) is 0 Å². The van der Waals surface area contributed by atoms with E-state index in [9.17, 15) is 13.2 Å². The Balaban J connectivity index is 1.41. The lowest BCUT2D eigenvalue weighted by molar-refractivity contribution is -0.137. The number of halogens is 3. The maximum absolute atomic E-state index is 12.7. The second-order valence-electron chi connectivity index (χ2n) is 8.06. The molecule has 2 N–H and O–H groups in total. The highest BCUT2D eigenvalue weighted by molar-refractivity contribution is 5.80. The molecule has 3 rings (SSSR count). The summed E-state index contributed by atoms with van der Waals surface area (Å²) in [4.78, 5) is 9.09. The number of hydrogen-bond acceptors (Lipinski definition) is 3. The molecule has 2 unspecified atom stereocenters. The van der Waals surface area contributed by atoms with Crippen LogP contribution in [0.15, 0.2) is 29.3 Å². The molecule has 0 bridgehead atoms. The molecule has 2 atom stereocenters. The summed E-state index contributed by atoms with van der Waals surface area (Å²) >= 11 is 0. The SMILES string of the molecule is CCN1CCC(CNC(=NC)NC2CCN(Cc3ccc(C(F)(F)F)cc3)C2)C1. The second-order valence-corrected chi connectivity index (χ2v) is 8.06. The lowest BCUT2D eigenvalue weighted by Crippen LogP contribution is -2.46. The minimum atomic E-state index is -4.28. The molecule has 5 nitrogen and oxygen atoms in total. The van der Waals surface area contributed by atoms with Gasteiger partial charge in [-0.3, -0.25) is 9.89 Å². The molecule has 0 radical (unpaired) electrons. The van der Waals surface area contributed by atoms with Crippen LogP contribution in [0.1, 0.15) is 30.9 Å². The van der Waals surface area contributed by atoms with E-state index in [1.54, 1.807) is 19.2 Å². The van der Waals surface area contributed by atoms with Crippen LogP contribution in [-0.4, -0.2) is 68.1 Å². The summed E-state index contributed by atoms with van der Waals surface area (Å²) in [5.41, 5.74) is 0.310. The third kappa shape index (κ3) is 6.34. The Morgan fingerprint density at radius 3 is 2.45 bits per heavy atom. The number of rotatable bonds is 6. The molecule has 0 saturated carbocycles. The van der Waals surface area contributed by atoms with E-state index >= 15 is 0 Å². The Labute approximate surface area is 171 Å². The number of alkyl halides is 3. The molecule has 2 aliphatic rings. The zero-order valence-corrected chi connectivity index (χ0v) is 17.3. The number of aliphatic imine (C=N–C) groups is 1. The van der Waals surface area contributed by atoms with Gasteiger partial charge in [0.05, 0.1) is 5.56 Å². The van der Waals surface area contributed by atoms with Gasteiger partial charge >= 0.3 is 6.18 Å². The monoisotopic (exact) mass is 411 g/mol. The summed E-state index contributed by atoms with van der Waals surface area (Å²) in [5.74, 6) is 1.49. The van der Waals surface area contributed by atoms with Crippen molar-refractivity contribution in [2.75, 3.05) is 46.3 Å². The Kier molecular flexibility index (Phi) is 7.40. The minimum absolute atomic E-state index is 0.298. The van der Waals surface area contributed by atoms with Crippen molar-refractivity contribution in [3.05, 3.63) is 35.4 Å². The second kappa shape index (κ2) is 9.80. The van der Waals surface area contributed by atoms with Gasteiger partial charge in [0, 0.05) is 45.8 Å². The van der Waals surface area contributed by atoms with Gasteiger partial charge in [0.1, 0.15) is 0 Å². The highest BCUT2D eigenvalue weighted by Crippen LogP contribution is 2.29. The topological polar surface area (TPSA) is 42.9 Å². The first-order valence-electron chi connectivity index (χ1n) is 10.5. The highest BCUT2D eigenvalue weighted by Gasteiger charge is 2.30. The Bertz CT molecular complexity index is 674. The van der Waals surface area contributed by atoms with Crippen LogP contribution >= 0.6 is 0 Å². The van der Waals surface area contributed by atoms with Crippen molar-refractivity contribution in [3.63, 3.8) is 0 Å². The largest absolute Gasteiger partial charge is 0.416 e. The van der Waals surface area contributed by atoms with Gasteiger partial charge in [0.25, 0.3) is 0 Å². The molecule has 0 spiro atoms. The molecule has 2 fully saturated rings. The van der Waals surface area contributed by atoms with Gasteiger partial charge < -0.3 is 15.5 Å². The van der Waals surface area contributed by atoms with E-state index in [2.05, 4.69) is 32.3 Å². The molecule has 0 amide bonds. The Morgan fingerprint density at radius 2 is 1.83 bits per heavy atom. The van der Waals surface area contributed by atoms with Crippen molar-refractivity contribution in [3.8, 4) is 0 Å². The maximum atomic E-state index is 12.7. The third-order valence-corrected chi connectivity index (χ3v) is 5.90. The van der Waals surface area contributed by atoms with Crippen molar-refractivity contribution in [2.45, 2.75) is 38.5 Å². The van der Waals surface area contributed by atoms with Crippen molar-refractivity contribution in [1.82, 2.24) is 20.4 Å². The lowest BCUT2D eigenvalue weighted by Gasteiger charge is -2.20. The molecule has 0 aromatic heterocycles. The lowest BCUT2D eigenvalue weighted by atomic mass is 10.1. The third-order valence-electron chi connectivity index (χ3n) is 5.90. The van der Waals surface area contributed by atoms with Crippen LogP contribution in [0, 0.1) is 5.92 Å². The molecule has 1 aromatic rings. The van der Waals surface area contributed by atoms with Gasteiger partial charge in [0.15, 0.2) is 5.96 Å². The molecule has 2 aliphatic heterocycles. The van der Waals surface area contributed by atoms with E-state index in [1.807, 2.05) is 0 Å². The zero-order chi connectivity index (χ0) is 20.9. The van der Waals surface area contributed by atoms with E-state index in [0.29, 0.717) is 18.5 Å². The summed E-state index contributed by atoms with van der Waals surface area (Å²) in [6.07, 6.45) is -2.06. The predicted molar refractivity (Wildman–Crippen MR) is 110 cm³/mol. The molecule has 162 valence electrons. The number of nitrogens with one attached hydrogen (secondary N) is 2. The van der Waals surface area contributed by atoms with Crippen LogP contribution in [0.2, 0.25) is 0 Å². The van der Waals surface area contributed by atoms with Gasteiger partial charge in [-0.1, -0.05) is 19.1 Å². The van der Waals surface area contributed by atoms with Crippen LogP contribution in [0.25, 0.3) is 0 Å². The van der Waals surface area contributed by atoms with Crippen LogP contribution < -0.4 is 10.6 Å². The summed E-state index contributed by atoms with van der Waals surface area (Å²) < 4.78 is 38.1. The molecule has 0 aliphatic carbocycles. The highest BCUT2D eigenvalue weighted by atomic mass is 19.4. The van der Waals surface area contributed by atoms with Gasteiger partial charge in [-0.05, 0) is 49.5 Å². The molecule has 29 heavy (non-hydrogen) atoms. The van der Waals surface area contributed by atoms with Crippen LogP contribution in [-0.2, 0) is 12.7 Å². The Hall–Kier alpha value is -1.80. The van der Waals surface area contributed by atoms with E-state index in [1.165, 1.54) is 13.0 Å². The van der Waals surface area contributed by atoms with Gasteiger partial charge in [0.2, 0.25) is 0 Å². The normalized spacial score (nSPS) is 24.2. The molecule has 2 saturated heterocycles. The fourth-order valence-corrected chi connectivity index (χ4v) is 4.15. The zero-order valence-electron chi connectivity index (χ0n) is 17.3. The summed E-state index contributed by atoms with van der Waals surface area (Å²) in [6.45, 7) is 9.00. The summed E-state index contributed by atoms with van der Waals surface area (Å²) in [5, 5.41) is 6.95.